The van der Waals surface area contributed by atoms with Crippen molar-refractivity contribution in [2.24, 2.45) is 0 Å². The molecular formula is C11H13O4. The molecule has 0 saturated carbocycles. The summed E-state index contributed by atoms with van der Waals surface area (Å²) in [6.07, 6.45) is 0. The van der Waals surface area contributed by atoms with Crippen LogP contribution >= 0.6 is 0 Å². The highest BCUT2D eigenvalue weighted by Gasteiger charge is 2.42. The first-order chi connectivity index (χ1) is 7.21. The lowest BCUT2D eigenvalue weighted by atomic mass is 10.1. The standard InChI is InChI=1S/C11H13O4/c1-13-10(12)11(14-2,15-3)9-7-5-4-6-8-9/h4-5,7-8H,1-3H3. The Hall–Kier alpha value is -1.39. The maximum Gasteiger partial charge on any atom is 0.371 e. The van der Waals surface area contributed by atoms with Crippen molar-refractivity contribution in [2.75, 3.05) is 21.3 Å². The molecule has 0 amide bonds. The maximum atomic E-state index is 11.6. The Labute approximate surface area is 88.8 Å². The summed E-state index contributed by atoms with van der Waals surface area (Å²) in [4.78, 5) is 11.6. The third-order valence-electron chi connectivity index (χ3n) is 2.12. The summed E-state index contributed by atoms with van der Waals surface area (Å²) in [6, 6.07) is 9.63. The second-order valence-electron chi connectivity index (χ2n) is 2.81. The van der Waals surface area contributed by atoms with E-state index in [4.69, 9.17) is 9.47 Å². The lowest BCUT2D eigenvalue weighted by Crippen LogP contribution is -2.40. The van der Waals surface area contributed by atoms with E-state index in [0.29, 0.717) is 5.56 Å². The van der Waals surface area contributed by atoms with Gasteiger partial charge in [0.05, 0.1) is 7.11 Å². The van der Waals surface area contributed by atoms with Crippen molar-refractivity contribution in [1.82, 2.24) is 0 Å². The number of carbonyl (C=O) groups excluding carboxylic acids is 1. The molecule has 0 spiro atoms. The molecule has 0 saturated heterocycles. The van der Waals surface area contributed by atoms with Crippen molar-refractivity contribution in [1.29, 1.82) is 0 Å². The van der Waals surface area contributed by atoms with E-state index >= 15 is 0 Å². The average Bonchev–Trinajstić information content (AvgIpc) is 2.32. The number of benzene rings is 1. The van der Waals surface area contributed by atoms with Crippen LogP contribution in [0.4, 0.5) is 0 Å². The molecule has 1 radical (unpaired) electrons. The van der Waals surface area contributed by atoms with Gasteiger partial charge in [-0.25, -0.2) is 4.79 Å². The van der Waals surface area contributed by atoms with E-state index < -0.39 is 11.8 Å². The van der Waals surface area contributed by atoms with Gasteiger partial charge in [-0.05, 0) is 12.1 Å². The number of hydrogen-bond acceptors (Lipinski definition) is 4. The van der Waals surface area contributed by atoms with Gasteiger partial charge in [-0.2, -0.15) is 0 Å². The molecule has 0 bridgehead atoms. The fraction of sp³-hybridized carbons (Fsp3) is 0.364. The number of ether oxygens (including phenoxy) is 3. The number of carbonyl (C=O) groups is 1. The van der Waals surface area contributed by atoms with Gasteiger partial charge in [0.2, 0.25) is 0 Å². The fourth-order valence-corrected chi connectivity index (χ4v) is 1.34. The fourth-order valence-electron chi connectivity index (χ4n) is 1.34. The highest BCUT2D eigenvalue weighted by Crippen LogP contribution is 2.26. The van der Waals surface area contributed by atoms with E-state index in [-0.39, 0.29) is 0 Å². The van der Waals surface area contributed by atoms with Crippen LogP contribution in [0.15, 0.2) is 24.3 Å². The zero-order valence-electron chi connectivity index (χ0n) is 8.94. The molecule has 0 aliphatic heterocycles. The Balaban J connectivity index is 3.17. The van der Waals surface area contributed by atoms with Gasteiger partial charge in [0.15, 0.2) is 0 Å². The molecule has 0 heterocycles. The molecule has 0 aliphatic carbocycles. The zero-order chi connectivity index (χ0) is 11.3. The van der Waals surface area contributed by atoms with Gasteiger partial charge >= 0.3 is 5.97 Å². The minimum Gasteiger partial charge on any atom is -0.465 e. The summed E-state index contributed by atoms with van der Waals surface area (Å²) in [5, 5.41) is 0. The molecule has 0 fully saturated rings. The van der Waals surface area contributed by atoms with Crippen LogP contribution in [-0.4, -0.2) is 27.3 Å². The molecule has 1 aromatic carbocycles. The second kappa shape index (κ2) is 4.91. The van der Waals surface area contributed by atoms with Gasteiger partial charge in [0.25, 0.3) is 5.79 Å². The molecule has 0 unspecified atom stereocenters. The van der Waals surface area contributed by atoms with Crippen molar-refractivity contribution in [3.05, 3.63) is 35.9 Å². The highest BCUT2D eigenvalue weighted by atomic mass is 16.7. The summed E-state index contributed by atoms with van der Waals surface area (Å²) in [5.74, 6) is -2.11. The monoisotopic (exact) mass is 209 g/mol. The first-order valence-electron chi connectivity index (χ1n) is 4.36. The predicted octanol–water partition coefficient (Wildman–Crippen LogP) is 1.11. The second-order valence-corrected chi connectivity index (χ2v) is 2.81. The molecule has 4 heteroatoms. The van der Waals surface area contributed by atoms with E-state index in [0.717, 1.165) is 0 Å². The lowest BCUT2D eigenvalue weighted by Gasteiger charge is -2.27. The number of methoxy groups -OCH3 is 3. The van der Waals surface area contributed by atoms with Crippen LogP contribution in [0.1, 0.15) is 5.56 Å². The summed E-state index contributed by atoms with van der Waals surface area (Å²) in [5.41, 5.74) is 0.543. The summed E-state index contributed by atoms with van der Waals surface area (Å²) in [6.45, 7) is 0. The SMILES string of the molecule is COC(=O)C(OC)(OC)c1c[c]ccc1. The van der Waals surface area contributed by atoms with Crippen LogP contribution in [0.5, 0.6) is 0 Å². The predicted molar refractivity (Wildman–Crippen MR) is 53.0 cm³/mol. The minimum absolute atomic E-state index is 0.543. The van der Waals surface area contributed by atoms with Crippen molar-refractivity contribution in [3.63, 3.8) is 0 Å². The number of rotatable bonds is 4. The van der Waals surface area contributed by atoms with Crippen LogP contribution in [0.25, 0.3) is 0 Å². The Kier molecular flexibility index (Phi) is 3.82. The zero-order valence-corrected chi connectivity index (χ0v) is 8.94. The molecule has 0 atom stereocenters. The third-order valence-corrected chi connectivity index (χ3v) is 2.12. The Morgan fingerprint density at radius 2 is 2.00 bits per heavy atom. The molecular weight excluding hydrogens is 196 g/mol. The van der Waals surface area contributed by atoms with Crippen LogP contribution in [0, 0.1) is 6.07 Å². The minimum atomic E-state index is -1.51. The van der Waals surface area contributed by atoms with Gasteiger partial charge < -0.3 is 14.2 Å². The molecule has 1 aromatic rings. The van der Waals surface area contributed by atoms with Crippen LogP contribution in [0.3, 0.4) is 0 Å². The number of esters is 1. The van der Waals surface area contributed by atoms with Crippen LogP contribution < -0.4 is 0 Å². The van der Waals surface area contributed by atoms with Crippen molar-refractivity contribution >= 4 is 5.97 Å². The van der Waals surface area contributed by atoms with Crippen molar-refractivity contribution in [3.8, 4) is 0 Å². The topological polar surface area (TPSA) is 44.8 Å². The normalized spacial score (nSPS) is 11.1. The first-order valence-corrected chi connectivity index (χ1v) is 4.36. The first kappa shape index (κ1) is 11.7. The van der Waals surface area contributed by atoms with E-state index in [1.165, 1.54) is 21.3 Å². The molecule has 4 nitrogen and oxygen atoms in total. The van der Waals surface area contributed by atoms with E-state index in [1.807, 2.05) is 0 Å². The van der Waals surface area contributed by atoms with Gasteiger partial charge in [-0.1, -0.05) is 18.2 Å². The van der Waals surface area contributed by atoms with Crippen molar-refractivity contribution < 1.29 is 19.0 Å². The van der Waals surface area contributed by atoms with Crippen molar-refractivity contribution in [2.45, 2.75) is 5.79 Å². The highest BCUT2D eigenvalue weighted by molar-refractivity contribution is 5.79. The summed E-state index contributed by atoms with van der Waals surface area (Å²) < 4.78 is 14.9. The lowest BCUT2D eigenvalue weighted by molar-refractivity contribution is -0.233. The third kappa shape index (κ3) is 2.00. The summed E-state index contributed by atoms with van der Waals surface area (Å²) >= 11 is 0. The van der Waals surface area contributed by atoms with Gasteiger partial charge in [-0.15, -0.1) is 0 Å². The maximum absolute atomic E-state index is 11.6. The van der Waals surface area contributed by atoms with E-state index in [2.05, 4.69) is 10.8 Å². The quantitative estimate of drug-likeness (QED) is 0.550. The smallest absolute Gasteiger partial charge is 0.371 e. The molecule has 1 rings (SSSR count). The summed E-state index contributed by atoms with van der Waals surface area (Å²) in [7, 11) is 4.04. The molecule has 0 N–H and O–H groups in total. The Morgan fingerprint density at radius 1 is 1.33 bits per heavy atom. The van der Waals surface area contributed by atoms with Gasteiger partial charge in [-0.3, -0.25) is 0 Å². The average molecular weight is 209 g/mol. The Morgan fingerprint density at radius 3 is 2.40 bits per heavy atom. The van der Waals surface area contributed by atoms with Crippen LogP contribution in [-0.2, 0) is 24.8 Å². The van der Waals surface area contributed by atoms with E-state index in [1.54, 1.807) is 24.3 Å². The molecule has 0 aromatic heterocycles. The molecule has 0 aliphatic rings. The van der Waals surface area contributed by atoms with Gasteiger partial charge in [0, 0.05) is 19.8 Å². The number of hydrogen-bond donors (Lipinski definition) is 0. The molecule has 81 valence electrons. The van der Waals surface area contributed by atoms with Crippen LogP contribution in [0.2, 0.25) is 0 Å². The van der Waals surface area contributed by atoms with Gasteiger partial charge in [0.1, 0.15) is 0 Å². The largest absolute Gasteiger partial charge is 0.465 e. The van der Waals surface area contributed by atoms with E-state index in [9.17, 15) is 4.79 Å². The molecule has 15 heavy (non-hydrogen) atoms. The Bertz CT molecular complexity index is 317.